The summed E-state index contributed by atoms with van der Waals surface area (Å²) in [6, 6.07) is 11.9. The largest absolute Gasteiger partial charge is 0.496 e. The lowest BCUT2D eigenvalue weighted by molar-refractivity contribution is 0.0806. The second-order valence-corrected chi connectivity index (χ2v) is 6.98. The number of carbonyl (C=O) groups is 1. The van der Waals surface area contributed by atoms with E-state index in [2.05, 4.69) is 14.9 Å². The number of likely N-dealkylation sites (tertiary alicyclic amines) is 1. The van der Waals surface area contributed by atoms with Gasteiger partial charge < -0.3 is 9.72 Å². The van der Waals surface area contributed by atoms with Gasteiger partial charge in [-0.15, -0.1) is 0 Å². The quantitative estimate of drug-likeness (QED) is 0.697. The van der Waals surface area contributed by atoms with Gasteiger partial charge in [0.05, 0.1) is 30.3 Å². The zero-order chi connectivity index (χ0) is 18.8. The average molecular weight is 367 g/mol. The number of para-hydroxylation sites is 1. The van der Waals surface area contributed by atoms with Gasteiger partial charge in [0.2, 0.25) is 0 Å². The molecule has 4 rings (SSSR count). The lowest BCUT2D eigenvalue weighted by Gasteiger charge is -2.31. The first-order valence-corrected chi connectivity index (χ1v) is 9.18. The number of halogens is 1. The number of nitrogens with zero attached hydrogens (tertiary/aromatic N) is 2. The van der Waals surface area contributed by atoms with E-state index < -0.39 is 0 Å². The molecule has 6 heteroatoms. The maximum atomic E-state index is 13.4. The second kappa shape index (κ2) is 7.48. The Hall–Kier alpha value is -2.73. The second-order valence-electron chi connectivity index (χ2n) is 6.98. The predicted molar refractivity (Wildman–Crippen MR) is 101 cm³/mol. The molecule has 0 spiro atoms. The van der Waals surface area contributed by atoms with Crippen LogP contribution in [0.2, 0.25) is 0 Å². The van der Waals surface area contributed by atoms with Gasteiger partial charge in [0, 0.05) is 12.5 Å². The van der Waals surface area contributed by atoms with Crippen LogP contribution in [-0.2, 0) is 6.54 Å². The van der Waals surface area contributed by atoms with Gasteiger partial charge in [0.25, 0.3) is 0 Å². The molecule has 0 aliphatic carbocycles. The maximum Gasteiger partial charge on any atom is 0.170 e. The van der Waals surface area contributed by atoms with Crippen molar-refractivity contribution in [1.82, 2.24) is 14.9 Å². The van der Waals surface area contributed by atoms with Crippen LogP contribution in [0.25, 0.3) is 11.0 Å². The Bertz CT molecular complexity index is 969. The zero-order valence-electron chi connectivity index (χ0n) is 15.2. The van der Waals surface area contributed by atoms with E-state index in [9.17, 15) is 9.18 Å². The molecule has 1 unspecified atom stereocenters. The van der Waals surface area contributed by atoms with E-state index in [4.69, 9.17) is 4.74 Å². The van der Waals surface area contributed by atoms with Crippen LogP contribution in [0, 0.1) is 11.7 Å². The Labute approximate surface area is 157 Å². The molecule has 27 heavy (non-hydrogen) atoms. The van der Waals surface area contributed by atoms with Crippen LogP contribution >= 0.6 is 0 Å². The summed E-state index contributed by atoms with van der Waals surface area (Å²) in [5, 5.41) is 0. The number of hydrogen-bond donors (Lipinski definition) is 1. The third-order valence-electron chi connectivity index (χ3n) is 5.12. The lowest BCUT2D eigenvalue weighted by atomic mass is 9.89. The highest BCUT2D eigenvalue weighted by Gasteiger charge is 2.28. The summed E-state index contributed by atoms with van der Waals surface area (Å²) >= 11 is 0. The fraction of sp³-hybridized carbons (Fsp3) is 0.333. The van der Waals surface area contributed by atoms with Crippen molar-refractivity contribution in [1.29, 1.82) is 0 Å². The Morgan fingerprint density at radius 3 is 3.04 bits per heavy atom. The highest BCUT2D eigenvalue weighted by molar-refractivity contribution is 6.00. The predicted octanol–water partition coefficient (Wildman–Crippen LogP) is 3.81. The molecule has 1 saturated heterocycles. The van der Waals surface area contributed by atoms with Crippen LogP contribution in [-0.4, -0.2) is 40.9 Å². The molecule has 1 aliphatic heterocycles. The highest BCUT2D eigenvalue weighted by atomic mass is 19.1. The van der Waals surface area contributed by atoms with Crippen LogP contribution in [0.15, 0.2) is 42.5 Å². The van der Waals surface area contributed by atoms with Gasteiger partial charge in [-0.1, -0.05) is 12.1 Å². The van der Waals surface area contributed by atoms with E-state index in [1.54, 1.807) is 13.2 Å². The molecule has 140 valence electrons. The topological polar surface area (TPSA) is 58.2 Å². The number of carbonyl (C=O) groups excluding carboxylic acids is 1. The van der Waals surface area contributed by atoms with Gasteiger partial charge in [-0.25, -0.2) is 9.37 Å². The normalized spacial score (nSPS) is 17.9. The lowest BCUT2D eigenvalue weighted by Crippen LogP contribution is -2.38. The average Bonchev–Trinajstić information content (AvgIpc) is 3.08. The summed E-state index contributed by atoms with van der Waals surface area (Å²) in [6.07, 6.45) is 1.83. The number of H-pyrrole nitrogens is 1. The van der Waals surface area contributed by atoms with E-state index >= 15 is 0 Å². The van der Waals surface area contributed by atoms with E-state index in [0.717, 1.165) is 30.7 Å². The van der Waals surface area contributed by atoms with Crippen molar-refractivity contribution in [3.63, 3.8) is 0 Å². The molecule has 1 N–H and O–H groups in total. The molecule has 3 aromatic rings. The number of aromatic nitrogens is 2. The van der Waals surface area contributed by atoms with Crippen molar-refractivity contribution in [2.45, 2.75) is 19.4 Å². The summed E-state index contributed by atoms with van der Waals surface area (Å²) < 4.78 is 18.7. The van der Waals surface area contributed by atoms with Crippen molar-refractivity contribution < 1.29 is 13.9 Å². The molecule has 1 aliphatic rings. The fourth-order valence-corrected chi connectivity index (χ4v) is 3.80. The number of Topliss-reactive ketones (excluding diaryl/α,β-unsaturated/α-hetero) is 1. The van der Waals surface area contributed by atoms with Crippen molar-refractivity contribution in [2.24, 2.45) is 5.92 Å². The van der Waals surface area contributed by atoms with Gasteiger partial charge in [0.1, 0.15) is 17.4 Å². The molecule has 5 nitrogen and oxygen atoms in total. The van der Waals surface area contributed by atoms with Crippen LogP contribution in [0.5, 0.6) is 5.75 Å². The molecule has 0 radical (unpaired) electrons. The summed E-state index contributed by atoms with van der Waals surface area (Å²) in [7, 11) is 1.59. The van der Waals surface area contributed by atoms with E-state index in [1.807, 2.05) is 24.3 Å². The highest BCUT2D eigenvalue weighted by Crippen LogP contribution is 2.27. The van der Waals surface area contributed by atoms with Crippen molar-refractivity contribution in [2.75, 3.05) is 20.2 Å². The summed E-state index contributed by atoms with van der Waals surface area (Å²) in [5.74, 6) is 1.21. The molecule has 1 fully saturated rings. The molecule has 1 atom stereocenters. The van der Waals surface area contributed by atoms with Gasteiger partial charge in [-0.2, -0.15) is 0 Å². The number of hydrogen-bond acceptors (Lipinski definition) is 4. The SMILES string of the molecule is COc1ccccc1C(=O)C1CCCN(Cc2nc3ccc(F)cc3[nH]2)C1. The minimum atomic E-state index is -0.279. The number of nitrogens with one attached hydrogen (secondary N) is 1. The van der Waals surface area contributed by atoms with Gasteiger partial charge in [-0.05, 0) is 49.7 Å². The first-order valence-electron chi connectivity index (χ1n) is 9.18. The van der Waals surface area contributed by atoms with Crippen LogP contribution in [0.1, 0.15) is 29.0 Å². The molecule has 2 aromatic carbocycles. The van der Waals surface area contributed by atoms with E-state index in [-0.39, 0.29) is 17.5 Å². The van der Waals surface area contributed by atoms with E-state index in [0.29, 0.717) is 29.9 Å². The summed E-state index contributed by atoms with van der Waals surface area (Å²) in [5.41, 5.74) is 2.10. The van der Waals surface area contributed by atoms with Crippen molar-refractivity contribution >= 4 is 16.8 Å². The summed E-state index contributed by atoms with van der Waals surface area (Å²) in [6.45, 7) is 2.22. The van der Waals surface area contributed by atoms with Gasteiger partial charge >= 0.3 is 0 Å². The first kappa shape index (κ1) is 17.7. The van der Waals surface area contributed by atoms with Gasteiger partial charge in [-0.3, -0.25) is 9.69 Å². The molecule has 0 bridgehead atoms. The Kier molecular flexibility index (Phi) is 4.90. The molecular weight excluding hydrogens is 345 g/mol. The third-order valence-corrected chi connectivity index (χ3v) is 5.12. The number of ether oxygens (including phenoxy) is 1. The number of benzene rings is 2. The van der Waals surface area contributed by atoms with Crippen molar-refractivity contribution in [3.8, 4) is 5.75 Å². The van der Waals surface area contributed by atoms with Crippen molar-refractivity contribution in [3.05, 3.63) is 59.7 Å². The molecule has 1 aromatic heterocycles. The van der Waals surface area contributed by atoms with E-state index in [1.165, 1.54) is 12.1 Å². The molecular formula is C21H22FN3O2. The molecule has 0 saturated carbocycles. The zero-order valence-corrected chi connectivity index (χ0v) is 15.2. The number of fused-ring (bicyclic) bond motifs is 1. The number of methoxy groups -OCH3 is 1. The van der Waals surface area contributed by atoms with Crippen LogP contribution in [0.3, 0.4) is 0 Å². The Balaban J connectivity index is 1.48. The van der Waals surface area contributed by atoms with Gasteiger partial charge in [0.15, 0.2) is 5.78 Å². The number of piperidine rings is 1. The minimum Gasteiger partial charge on any atom is -0.496 e. The molecule has 0 amide bonds. The standard InChI is InChI=1S/C21H22FN3O2/c1-27-19-7-3-2-6-16(19)21(26)14-5-4-10-25(12-14)13-20-23-17-9-8-15(22)11-18(17)24-20/h2-3,6-9,11,14H,4-5,10,12-13H2,1H3,(H,23,24). The fourth-order valence-electron chi connectivity index (χ4n) is 3.80. The Morgan fingerprint density at radius 2 is 2.19 bits per heavy atom. The maximum absolute atomic E-state index is 13.4. The third kappa shape index (κ3) is 3.71. The minimum absolute atomic E-state index is 0.0585. The monoisotopic (exact) mass is 367 g/mol. The van der Waals surface area contributed by atoms with Crippen LogP contribution in [0.4, 0.5) is 4.39 Å². The first-order chi connectivity index (χ1) is 13.1. The number of aromatic amines is 1. The number of rotatable bonds is 5. The molecule has 2 heterocycles. The Morgan fingerprint density at radius 1 is 1.33 bits per heavy atom. The van der Waals surface area contributed by atoms with Crippen LogP contribution < -0.4 is 4.74 Å². The number of imidazole rings is 1. The number of ketones is 1. The summed E-state index contributed by atoms with van der Waals surface area (Å²) in [4.78, 5) is 22.9. The smallest absolute Gasteiger partial charge is 0.170 e.